The molecule has 0 amide bonds. The van der Waals surface area contributed by atoms with Gasteiger partial charge in [-0.3, -0.25) is 14.4 Å². The molecule has 6 nitrogen and oxygen atoms in total. The largest absolute Gasteiger partial charge is 0.462 e. The molecular weight excluding hydrogens is 877 g/mol. The van der Waals surface area contributed by atoms with E-state index in [1.165, 1.54) is 283 Å². The minimum atomic E-state index is -0.761. The molecule has 1 atom stereocenters. The molecule has 0 N–H and O–H groups in total. The second-order valence-corrected chi connectivity index (χ2v) is 22.4. The average molecular weight is 1000 g/mol. The molecule has 0 aliphatic carbocycles. The number of hydrogen-bond acceptors (Lipinski definition) is 6. The van der Waals surface area contributed by atoms with Gasteiger partial charge in [-0.1, -0.05) is 342 Å². The molecule has 0 spiro atoms. The molecule has 1 unspecified atom stereocenters. The van der Waals surface area contributed by atoms with Gasteiger partial charge in [-0.15, -0.1) is 0 Å². The van der Waals surface area contributed by atoms with E-state index in [-0.39, 0.29) is 31.1 Å². The Balaban J connectivity index is 4.07. The molecular formula is C65H126O6. The Bertz CT molecular complexity index is 1060. The van der Waals surface area contributed by atoms with E-state index in [1.807, 2.05) is 0 Å². The molecule has 0 aromatic rings. The molecule has 0 aromatic carbocycles. The lowest BCUT2D eigenvalue weighted by molar-refractivity contribution is -0.167. The van der Waals surface area contributed by atoms with Gasteiger partial charge < -0.3 is 14.2 Å². The smallest absolute Gasteiger partial charge is 0.306 e. The van der Waals surface area contributed by atoms with E-state index >= 15 is 0 Å². The molecule has 6 heteroatoms. The van der Waals surface area contributed by atoms with Gasteiger partial charge in [0.05, 0.1) is 0 Å². The standard InChI is InChI=1S/C65H126O6/c1-4-7-10-13-16-19-22-24-26-27-28-29-30-31-32-33-34-35-36-37-38-39-41-43-46-49-52-55-58-64(67)70-61-62(60-69-63(66)57-54-51-48-45-42-21-18-15-12-9-6-3)71-65(68)59-56-53-50-47-44-40-25-23-20-17-14-11-8-5-2/h62H,4-61H2,1-3H3. The number of ether oxygens (including phenoxy) is 3. The second-order valence-electron chi connectivity index (χ2n) is 22.4. The number of carbonyl (C=O) groups is 3. The van der Waals surface area contributed by atoms with Gasteiger partial charge in [-0.05, 0) is 19.3 Å². The van der Waals surface area contributed by atoms with Crippen LogP contribution in [0.5, 0.6) is 0 Å². The summed E-state index contributed by atoms with van der Waals surface area (Å²) in [5.41, 5.74) is 0. The number of hydrogen-bond donors (Lipinski definition) is 0. The molecule has 422 valence electrons. The van der Waals surface area contributed by atoms with Gasteiger partial charge in [0.2, 0.25) is 0 Å². The third kappa shape index (κ3) is 59.2. The van der Waals surface area contributed by atoms with Crippen LogP contribution in [0.15, 0.2) is 0 Å². The first-order valence-corrected chi connectivity index (χ1v) is 32.5. The quantitative estimate of drug-likeness (QED) is 0.0343. The maximum atomic E-state index is 12.8. The molecule has 0 rings (SSSR count). The minimum absolute atomic E-state index is 0.0609. The van der Waals surface area contributed by atoms with Gasteiger partial charge >= 0.3 is 17.9 Å². The van der Waals surface area contributed by atoms with Crippen LogP contribution < -0.4 is 0 Å². The fraction of sp³-hybridized carbons (Fsp3) is 0.954. The third-order valence-corrected chi connectivity index (χ3v) is 15.1. The summed E-state index contributed by atoms with van der Waals surface area (Å²) in [6.07, 6.45) is 69.9. The molecule has 0 aromatic heterocycles. The molecule has 0 bridgehead atoms. The van der Waals surface area contributed by atoms with Crippen molar-refractivity contribution >= 4 is 17.9 Å². The van der Waals surface area contributed by atoms with Crippen LogP contribution in [0.3, 0.4) is 0 Å². The van der Waals surface area contributed by atoms with Crippen LogP contribution in [0.2, 0.25) is 0 Å². The first kappa shape index (κ1) is 69.4. The highest BCUT2D eigenvalue weighted by molar-refractivity contribution is 5.71. The highest BCUT2D eigenvalue weighted by Crippen LogP contribution is 2.19. The Kier molecular flexibility index (Phi) is 59.6. The van der Waals surface area contributed by atoms with Crippen molar-refractivity contribution in [3.63, 3.8) is 0 Å². The number of esters is 3. The molecule has 0 fully saturated rings. The second kappa shape index (κ2) is 61.0. The topological polar surface area (TPSA) is 78.9 Å². The summed E-state index contributed by atoms with van der Waals surface area (Å²) in [4.78, 5) is 38.2. The predicted molar refractivity (Wildman–Crippen MR) is 307 cm³/mol. The van der Waals surface area contributed by atoms with E-state index in [4.69, 9.17) is 14.2 Å². The van der Waals surface area contributed by atoms with Crippen molar-refractivity contribution in [3.8, 4) is 0 Å². The molecule has 0 heterocycles. The van der Waals surface area contributed by atoms with Gasteiger partial charge in [0.1, 0.15) is 13.2 Å². The molecule has 0 aliphatic rings. The van der Waals surface area contributed by atoms with E-state index in [9.17, 15) is 14.4 Å². The SMILES string of the molecule is CCCCCCCCCCCCCCCCCCCCCCCCCCCCCCC(=O)OCC(COC(=O)CCCCCCCCCCCCC)OC(=O)CCCCCCCCCCCCCCCC. The van der Waals surface area contributed by atoms with Gasteiger partial charge in [-0.2, -0.15) is 0 Å². The molecule has 0 radical (unpaired) electrons. The fourth-order valence-electron chi connectivity index (χ4n) is 10.2. The van der Waals surface area contributed by atoms with Crippen molar-refractivity contribution in [2.45, 2.75) is 386 Å². The van der Waals surface area contributed by atoms with Crippen molar-refractivity contribution in [3.05, 3.63) is 0 Å². The van der Waals surface area contributed by atoms with E-state index < -0.39 is 6.10 Å². The van der Waals surface area contributed by atoms with Gasteiger partial charge in [0.25, 0.3) is 0 Å². The van der Waals surface area contributed by atoms with Crippen molar-refractivity contribution < 1.29 is 28.6 Å². The fourth-order valence-corrected chi connectivity index (χ4v) is 10.2. The normalized spacial score (nSPS) is 11.9. The Morgan fingerprint density at radius 1 is 0.225 bits per heavy atom. The number of carbonyl (C=O) groups excluding carboxylic acids is 3. The Morgan fingerprint density at radius 2 is 0.380 bits per heavy atom. The Hall–Kier alpha value is -1.59. The van der Waals surface area contributed by atoms with Gasteiger partial charge in [-0.25, -0.2) is 0 Å². The number of unbranched alkanes of at least 4 members (excludes halogenated alkanes) is 50. The summed E-state index contributed by atoms with van der Waals surface area (Å²) in [6.45, 7) is 6.71. The number of rotatable bonds is 61. The zero-order chi connectivity index (χ0) is 51.4. The van der Waals surface area contributed by atoms with Crippen LogP contribution in [-0.2, 0) is 28.6 Å². The average Bonchev–Trinajstić information content (AvgIpc) is 3.37. The van der Waals surface area contributed by atoms with Crippen LogP contribution in [0.4, 0.5) is 0 Å². The van der Waals surface area contributed by atoms with E-state index in [1.54, 1.807) is 0 Å². The van der Waals surface area contributed by atoms with Gasteiger partial charge in [0.15, 0.2) is 6.10 Å². The van der Waals surface area contributed by atoms with E-state index in [0.29, 0.717) is 19.3 Å². The Morgan fingerprint density at radius 3 is 0.563 bits per heavy atom. The lowest BCUT2D eigenvalue weighted by Crippen LogP contribution is -2.30. The summed E-state index contributed by atoms with van der Waals surface area (Å²) in [5, 5.41) is 0. The summed E-state index contributed by atoms with van der Waals surface area (Å²) in [5.74, 6) is -0.830. The maximum Gasteiger partial charge on any atom is 0.306 e. The molecule has 0 saturated carbocycles. The Labute approximate surface area is 444 Å². The van der Waals surface area contributed by atoms with Crippen LogP contribution >= 0.6 is 0 Å². The lowest BCUT2D eigenvalue weighted by atomic mass is 10.0. The van der Waals surface area contributed by atoms with E-state index in [0.717, 1.165) is 57.8 Å². The monoisotopic (exact) mass is 1000 g/mol. The molecule has 0 aliphatic heterocycles. The summed E-state index contributed by atoms with van der Waals surface area (Å²) in [6, 6.07) is 0. The van der Waals surface area contributed by atoms with Crippen LogP contribution in [0, 0.1) is 0 Å². The predicted octanol–water partition coefficient (Wildman–Crippen LogP) is 21.9. The first-order valence-electron chi connectivity index (χ1n) is 32.5. The maximum absolute atomic E-state index is 12.8. The summed E-state index contributed by atoms with van der Waals surface area (Å²) < 4.78 is 16.9. The third-order valence-electron chi connectivity index (χ3n) is 15.1. The zero-order valence-electron chi connectivity index (χ0n) is 48.5. The first-order chi connectivity index (χ1) is 35.0. The van der Waals surface area contributed by atoms with Crippen molar-refractivity contribution in [2.75, 3.05) is 13.2 Å². The summed E-state index contributed by atoms with van der Waals surface area (Å²) in [7, 11) is 0. The highest BCUT2D eigenvalue weighted by Gasteiger charge is 2.19. The molecule has 71 heavy (non-hydrogen) atoms. The van der Waals surface area contributed by atoms with Crippen LogP contribution in [0.1, 0.15) is 380 Å². The molecule has 0 saturated heterocycles. The van der Waals surface area contributed by atoms with Crippen molar-refractivity contribution in [2.24, 2.45) is 0 Å². The highest BCUT2D eigenvalue weighted by atomic mass is 16.6. The van der Waals surface area contributed by atoms with Crippen molar-refractivity contribution in [1.82, 2.24) is 0 Å². The summed E-state index contributed by atoms with van der Waals surface area (Å²) >= 11 is 0. The van der Waals surface area contributed by atoms with E-state index in [2.05, 4.69) is 20.8 Å². The zero-order valence-corrected chi connectivity index (χ0v) is 48.5. The van der Waals surface area contributed by atoms with Crippen LogP contribution in [0.25, 0.3) is 0 Å². The lowest BCUT2D eigenvalue weighted by Gasteiger charge is -2.18. The van der Waals surface area contributed by atoms with Crippen LogP contribution in [-0.4, -0.2) is 37.2 Å². The van der Waals surface area contributed by atoms with Gasteiger partial charge in [0, 0.05) is 19.3 Å². The van der Waals surface area contributed by atoms with Crippen molar-refractivity contribution in [1.29, 1.82) is 0 Å². The minimum Gasteiger partial charge on any atom is -0.462 e.